The lowest BCUT2D eigenvalue weighted by Gasteiger charge is -2.20. The number of carboxylic acids is 1. The maximum absolute atomic E-state index is 12.6. The van der Waals surface area contributed by atoms with E-state index in [2.05, 4.69) is 4.98 Å². The van der Waals surface area contributed by atoms with E-state index in [1.54, 1.807) is 18.3 Å². The maximum Gasteiger partial charge on any atom is 0.326 e. The first-order chi connectivity index (χ1) is 10.1. The summed E-state index contributed by atoms with van der Waals surface area (Å²) in [4.78, 5) is 31.3. The van der Waals surface area contributed by atoms with E-state index in [1.807, 2.05) is 17.5 Å². The summed E-state index contributed by atoms with van der Waals surface area (Å²) in [5.74, 6) is -1.14. The van der Waals surface area contributed by atoms with Crippen molar-refractivity contribution in [3.63, 3.8) is 0 Å². The zero-order valence-electron chi connectivity index (χ0n) is 11.4. The summed E-state index contributed by atoms with van der Waals surface area (Å²) >= 11 is 2.92. The first-order valence-electron chi connectivity index (χ1n) is 6.63. The number of rotatable bonds is 3. The average Bonchev–Trinajstić information content (AvgIpc) is 3.18. The van der Waals surface area contributed by atoms with Gasteiger partial charge in [-0.2, -0.15) is 0 Å². The molecule has 0 aromatic carbocycles. The minimum atomic E-state index is -0.929. The lowest BCUT2D eigenvalue weighted by Crippen LogP contribution is -2.40. The fourth-order valence-electron chi connectivity index (χ4n) is 2.50. The Morgan fingerprint density at radius 1 is 1.48 bits per heavy atom. The minimum Gasteiger partial charge on any atom is -0.480 e. The van der Waals surface area contributed by atoms with Crippen molar-refractivity contribution in [3.8, 4) is 9.88 Å². The Labute approximate surface area is 129 Å². The maximum atomic E-state index is 12.6. The molecular formula is C14H14N2O3S2. The monoisotopic (exact) mass is 322 g/mol. The van der Waals surface area contributed by atoms with Crippen LogP contribution in [0.4, 0.5) is 0 Å². The second kappa shape index (κ2) is 5.57. The molecule has 21 heavy (non-hydrogen) atoms. The normalized spacial score (nSPS) is 18.1. The second-order valence-electron chi connectivity index (χ2n) is 4.91. The van der Waals surface area contributed by atoms with E-state index in [4.69, 9.17) is 0 Å². The summed E-state index contributed by atoms with van der Waals surface area (Å²) in [5.41, 5.74) is 0.671. The lowest BCUT2D eigenvalue weighted by molar-refractivity contribution is -0.141. The molecule has 1 aliphatic heterocycles. The van der Waals surface area contributed by atoms with E-state index in [0.717, 1.165) is 16.3 Å². The smallest absolute Gasteiger partial charge is 0.326 e. The molecule has 3 heterocycles. The molecule has 2 aromatic heterocycles. The van der Waals surface area contributed by atoms with E-state index in [9.17, 15) is 14.7 Å². The Morgan fingerprint density at radius 2 is 2.29 bits per heavy atom. The van der Waals surface area contributed by atoms with Gasteiger partial charge in [-0.05, 0) is 31.2 Å². The Balaban J connectivity index is 1.90. The Bertz CT molecular complexity index is 678. The number of aryl methyl sites for hydroxylation is 1. The van der Waals surface area contributed by atoms with Gasteiger partial charge in [0.2, 0.25) is 0 Å². The summed E-state index contributed by atoms with van der Waals surface area (Å²) < 4.78 is 0. The van der Waals surface area contributed by atoms with Crippen molar-refractivity contribution < 1.29 is 14.7 Å². The number of likely N-dealkylation sites (tertiary alicyclic amines) is 1. The van der Waals surface area contributed by atoms with E-state index in [1.165, 1.54) is 16.2 Å². The molecule has 110 valence electrons. The molecule has 0 unspecified atom stereocenters. The fourth-order valence-corrected chi connectivity index (χ4v) is 4.32. The second-order valence-corrected chi connectivity index (χ2v) is 6.85. The summed E-state index contributed by atoms with van der Waals surface area (Å²) in [5, 5.41) is 12.0. The highest BCUT2D eigenvalue weighted by Gasteiger charge is 2.35. The molecule has 1 atom stereocenters. The predicted molar refractivity (Wildman–Crippen MR) is 81.9 cm³/mol. The summed E-state index contributed by atoms with van der Waals surface area (Å²) in [6, 6.07) is 3.20. The topological polar surface area (TPSA) is 70.5 Å². The highest BCUT2D eigenvalue weighted by molar-refractivity contribution is 7.22. The number of hydrogen-bond donors (Lipinski definition) is 1. The molecule has 1 saturated heterocycles. The quantitative estimate of drug-likeness (QED) is 0.943. The molecule has 0 bridgehead atoms. The minimum absolute atomic E-state index is 0.210. The number of thiophene rings is 1. The van der Waals surface area contributed by atoms with Gasteiger partial charge in [-0.15, -0.1) is 22.7 Å². The third kappa shape index (κ3) is 2.58. The molecule has 1 N–H and O–H groups in total. The van der Waals surface area contributed by atoms with Crippen LogP contribution in [0.1, 0.15) is 28.2 Å². The number of carbonyl (C=O) groups excluding carboxylic acids is 1. The van der Waals surface area contributed by atoms with Crippen LogP contribution in [0.25, 0.3) is 9.88 Å². The highest BCUT2D eigenvalue weighted by Crippen LogP contribution is 2.32. The lowest BCUT2D eigenvalue weighted by atomic mass is 10.2. The molecule has 0 spiro atoms. The van der Waals surface area contributed by atoms with Crippen molar-refractivity contribution in [2.45, 2.75) is 25.8 Å². The molecule has 1 amide bonds. The molecule has 2 aromatic rings. The highest BCUT2D eigenvalue weighted by atomic mass is 32.1. The Hall–Kier alpha value is -1.73. The molecule has 0 aliphatic carbocycles. The van der Waals surface area contributed by atoms with Crippen molar-refractivity contribution in [3.05, 3.63) is 28.1 Å². The largest absolute Gasteiger partial charge is 0.480 e. The summed E-state index contributed by atoms with van der Waals surface area (Å²) in [7, 11) is 0. The van der Waals surface area contributed by atoms with Crippen molar-refractivity contribution in [1.82, 2.24) is 9.88 Å². The number of thiazole rings is 1. The van der Waals surface area contributed by atoms with Gasteiger partial charge in [0.15, 0.2) is 0 Å². The molecule has 0 radical (unpaired) electrons. The number of aliphatic carboxylic acids is 1. The number of hydrogen-bond acceptors (Lipinski definition) is 5. The van der Waals surface area contributed by atoms with Crippen LogP contribution in [0.3, 0.4) is 0 Å². The molecular weight excluding hydrogens is 308 g/mol. The van der Waals surface area contributed by atoms with E-state index < -0.39 is 12.0 Å². The van der Waals surface area contributed by atoms with Crippen molar-refractivity contribution in [2.75, 3.05) is 6.54 Å². The van der Waals surface area contributed by atoms with Crippen LogP contribution in [-0.4, -0.2) is 39.5 Å². The van der Waals surface area contributed by atoms with Gasteiger partial charge in [0.05, 0.1) is 10.6 Å². The van der Waals surface area contributed by atoms with Gasteiger partial charge in [-0.3, -0.25) is 4.79 Å². The van der Waals surface area contributed by atoms with Crippen LogP contribution < -0.4 is 0 Å². The summed E-state index contributed by atoms with van der Waals surface area (Å²) in [6.45, 7) is 2.30. The number of aromatic nitrogens is 1. The van der Waals surface area contributed by atoms with Gasteiger partial charge in [0.1, 0.15) is 15.9 Å². The molecule has 7 heteroatoms. The van der Waals surface area contributed by atoms with Crippen molar-refractivity contribution in [1.29, 1.82) is 0 Å². The molecule has 0 saturated carbocycles. The Morgan fingerprint density at radius 3 is 2.95 bits per heavy atom. The van der Waals surface area contributed by atoms with Crippen LogP contribution in [0.2, 0.25) is 0 Å². The summed E-state index contributed by atoms with van der Waals surface area (Å²) in [6.07, 6.45) is 1.26. The number of carboxylic acid groups (broad SMARTS) is 1. The van der Waals surface area contributed by atoms with E-state index in [-0.39, 0.29) is 5.91 Å². The third-order valence-electron chi connectivity index (χ3n) is 3.52. The van der Waals surface area contributed by atoms with Crippen molar-refractivity contribution >= 4 is 34.6 Å². The van der Waals surface area contributed by atoms with Crippen molar-refractivity contribution in [2.24, 2.45) is 0 Å². The average molecular weight is 322 g/mol. The van der Waals surface area contributed by atoms with Crippen LogP contribution in [0, 0.1) is 6.92 Å². The predicted octanol–water partition coefficient (Wildman–Crippen LogP) is 2.87. The van der Waals surface area contributed by atoms with Gasteiger partial charge in [0.25, 0.3) is 5.91 Å². The van der Waals surface area contributed by atoms with Crippen LogP contribution in [0.15, 0.2) is 17.5 Å². The van der Waals surface area contributed by atoms with E-state index >= 15 is 0 Å². The zero-order chi connectivity index (χ0) is 15.0. The fraction of sp³-hybridized carbons (Fsp3) is 0.357. The van der Waals surface area contributed by atoms with Gasteiger partial charge in [-0.25, -0.2) is 9.78 Å². The van der Waals surface area contributed by atoms with E-state index in [0.29, 0.717) is 23.5 Å². The first-order valence-corrected chi connectivity index (χ1v) is 8.32. The number of nitrogens with zero attached hydrogens (tertiary/aromatic N) is 2. The molecule has 1 fully saturated rings. The van der Waals surface area contributed by atoms with Gasteiger partial charge in [-0.1, -0.05) is 6.07 Å². The van der Waals surface area contributed by atoms with Crippen LogP contribution in [-0.2, 0) is 4.79 Å². The van der Waals surface area contributed by atoms with Gasteiger partial charge < -0.3 is 10.0 Å². The number of amides is 1. The van der Waals surface area contributed by atoms with Gasteiger partial charge in [0, 0.05) is 6.54 Å². The third-order valence-corrected chi connectivity index (χ3v) is 5.71. The van der Waals surface area contributed by atoms with Gasteiger partial charge >= 0.3 is 5.97 Å². The SMILES string of the molecule is Cc1nc(-c2cccs2)sc1C(=O)N1CCC[C@@H]1C(=O)O. The van der Waals surface area contributed by atoms with Crippen LogP contribution >= 0.6 is 22.7 Å². The zero-order valence-corrected chi connectivity index (χ0v) is 13.0. The van der Waals surface area contributed by atoms with Crippen LogP contribution in [0.5, 0.6) is 0 Å². The number of carbonyl (C=O) groups is 2. The molecule has 3 rings (SSSR count). The Kier molecular flexibility index (Phi) is 3.77. The molecule has 5 nitrogen and oxygen atoms in total. The first kappa shape index (κ1) is 14.2. The standard InChI is InChI=1S/C14H14N2O3S2/c1-8-11(21-12(15-8)10-5-3-7-20-10)13(17)16-6-2-4-9(16)14(18)19/h3,5,7,9H,2,4,6H2,1H3,(H,18,19)/t9-/m1/s1. The molecule has 1 aliphatic rings.